The molecule has 6 nitrogen and oxygen atoms in total. The molecule has 62 valence electrons. The first-order valence-corrected chi connectivity index (χ1v) is 3.10. The minimum atomic E-state index is -0.164. The summed E-state index contributed by atoms with van der Waals surface area (Å²) in [5.74, 6) is 0. The van der Waals surface area contributed by atoms with E-state index in [1.165, 1.54) is 24.7 Å². The lowest BCUT2D eigenvalue weighted by atomic mass is 10.6. The third-order valence-electron chi connectivity index (χ3n) is 0.866. The molecule has 0 saturated carbocycles. The molecule has 0 fully saturated rings. The Balaban J connectivity index is 0.000000127. The van der Waals surface area contributed by atoms with Crippen molar-refractivity contribution in [3.63, 3.8) is 0 Å². The van der Waals surface area contributed by atoms with Gasteiger partial charge in [0.05, 0.1) is 6.20 Å². The average molecular weight is 166 g/mol. The first-order chi connectivity index (χ1) is 5.89. The molecule has 0 unspecified atom stereocenters. The Labute approximate surface area is 67.2 Å². The maximum atomic E-state index is 10.2. The minimum Gasteiger partial charge on any atom is -0.346 e. The highest BCUT2D eigenvalue weighted by molar-refractivity contribution is 4.81. The van der Waals surface area contributed by atoms with Crippen LogP contribution >= 0.6 is 0 Å². The summed E-state index contributed by atoms with van der Waals surface area (Å²) in [6.45, 7) is 0. The van der Waals surface area contributed by atoms with Crippen molar-refractivity contribution in [3.8, 4) is 0 Å². The van der Waals surface area contributed by atoms with Gasteiger partial charge in [-0.1, -0.05) is 0 Å². The third-order valence-corrected chi connectivity index (χ3v) is 0.866. The van der Waals surface area contributed by atoms with E-state index in [9.17, 15) is 4.79 Å². The number of aromatic nitrogens is 4. The molecule has 2 aromatic rings. The van der Waals surface area contributed by atoms with E-state index in [4.69, 9.17) is 0 Å². The molecule has 6 heteroatoms. The molecule has 0 radical (unpaired) electrons. The van der Waals surface area contributed by atoms with E-state index in [0.717, 1.165) is 0 Å². The predicted octanol–water partition coefficient (Wildman–Crippen LogP) is -0.161. The van der Waals surface area contributed by atoms with Crippen LogP contribution in [0.5, 0.6) is 0 Å². The average Bonchev–Trinajstić information content (AvgIpc) is 2.62. The molecule has 0 aromatic carbocycles. The van der Waals surface area contributed by atoms with Gasteiger partial charge in [-0.2, -0.15) is 5.10 Å². The van der Waals surface area contributed by atoms with E-state index in [1.807, 2.05) is 0 Å². The molecule has 0 aliphatic heterocycles. The lowest BCUT2D eigenvalue weighted by molar-refractivity contribution is 0.393. The SMILES string of the molecule is O=c1cccn[nH]1.c1conn1. The van der Waals surface area contributed by atoms with Gasteiger partial charge in [-0.25, -0.2) is 5.10 Å². The summed E-state index contributed by atoms with van der Waals surface area (Å²) in [5, 5.41) is 12.1. The second-order valence-corrected chi connectivity index (χ2v) is 1.70. The highest BCUT2D eigenvalue weighted by atomic mass is 16.5. The summed E-state index contributed by atoms with van der Waals surface area (Å²) in [7, 11) is 0. The zero-order valence-electron chi connectivity index (χ0n) is 6.04. The van der Waals surface area contributed by atoms with E-state index in [0.29, 0.717) is 0 Å². The van der Waals surface area contributed by atoms with Crippen LogP contribution in [0.1, 0.15) is 0 Å². The van der Waals surface area contributed by atoms with Gasteiger partial charge in [-0.15, -0.1) is 5.10 Å². The number of nitrogens with zero attached hydrogens (tertiary/aromatic N) is 3. The van der Waals surface area contributed by atoms with Crippen molar-refractivity contribution in [2.24, 2.45) is 0 Å². The van der Waals surface area contributed by atoms with Crippen molar-refractivity contribution in [2.75, 3.05) is 0 Å². The molecule has 0 amide bonds. The fourth-order valence-electron chi connectivity index (χ4n) is 0.448. The lowest BCUT2D eigenvalue weighted by Crippen LogP contribution is -2.02. The monoisotopic (exact) mass is 166 g/mol. The minimum absolute atomic E-state index is 0.164. The summed E-state index contributed by atoms with van der Waals surface area (Å²) in [6.07, 6.45) is 4.39. The van der Waals surface area contributed by atoms with Gasteiger partial charge in [-0.3, -0.25) is 4.79 Å². The molecule has 0 saturated heterocycles. The predicted molar refractivity (Wildman–Crippen MR) is 39.2 cm³/mol. The van der Waals surface area contributed by atoms with Crippen molar-refractivity contribution in [2.45, 2.75) is 0 Å². The summed E-state index contributed by atoms with van der Waals surface area (Å²) in [5.41, 5.74) is -0.164. The van der Waals surface area contributed by atoms with Gasteiger partial charge in [0, 0.05) is 17.5 Å². The van der Waals surface area contributed by atoms with Crippen molar-refractivity contribution in [3.05, 3.63) is 41.1 Å². The summed E-state index contributed by atoms with van der Waals surface area (Å²) in [6, 6.07) is 2.99. The standard InChI is InChI=1S/C4H4N2O.C2H2N2O/c7-4-2-1-3-5-6-4;1-2-5-4-3-1/h1-3H,(H,6,7);1-2H. The second-order valence-electron chi connectivity index (χ2n) is 1.70. The molecule has 12 heavy (non-hydrogen) atoms. The van der Waals surface area contributed by atoms with Crippen molar-refractivity contribution in [1.82, 2.24) is 20.6 Å². The molecule has 0 spiro atoms. The molecule has 2 heterocycles. The van der Waals surface area contributed by atoms with E-state index >= 15 is 0 Å². The van der Waals surface area contributed by atoms with E-state index in [1.54, 1.807) is 6.07 Å². The van der Waals surface area contributed by atoms with Crippen molar-refractivity contribution >= 4 is 0 Å². The molecule has 2 rings (SSSR count). The summed E-state index contributed by atoms with van der Waals surface area (Å²) in [4.78, 5) is 10.2. The second kappa shape index (κ2) is 4.78. The Morgan fingerprint density at radius 3 is 2.58 bits per heavy atom. The third kappa shape index (κ3) is 3.25. The van der Waals surface area contributed by atoms with Crippen LogP contribution in [0.4, 0.5) is 0 Å². The number of hydrogen-bond acceptors (Lipinski definition) is 5. The number of aromatic amines is 1. The van der Waals surface area contributed by atoms with Crippen LogP contribution in [-0.2, 0) is 0 Å². The first-order valence-electron chi connectivity index (χ1n) is 3.10. The molecule has 0 aliphatic carbocycles. The van der Waals surface area contributed by atoms with Gasteiger partial charge in [0.2, 0.25) is 0 Å². The van der Waals surface area contributed by atoms with Gasteiger partial charge in [-0.05, 0) is 6.07 Å². The Morgan fingerprint density at radius 1 is 1.42 bits per heavy atom. The number of rotatable bonds is 0. The molecular weight excluding hydrogens is 160 g/mol. The van der Waals surface area contributed by atoms with Gasteiger partial charge >= 0.3 is 0 Å². The largest absolute Gasteiger partial charge is 0.346 e. The zero-order chi connectivity index (χ0) is 8.65. The van der Waals surface area contributed by atoms with Crippen LogP contribution in [-0.4, -0.2) is 20.6 Å². The maximum Gasteiger partial charge on any atom is 0.264 e. The Bertz CT molecular complexity index is 308. The highest BCUT2D eigenvalue weighted by Gasteiger charge is 1.70. The molecular formula is C6H6N4O2. The Hall–Kier alpha value is -1.98. The first kappa shape index (κ1) is 8.12. The lowest BCUT2D eigenvalue weighted by Gasteiger charge is -1.72. The molecule has 0 bridgehead atoms. The van der Waals surface area contributed by atoms with Crippen LogP contribution in [0.3, 0.4) is 0 Å². The number of hydrogen-bond donors (Lipinski definition) is 1. The quantitative estimate of drug-likeness (QED) is 0.587. The van der Waals surface area contributed by atoms with Gasteiger partial charge < -0.3 is 4.52 Å². The van der Waals surface area contributed by atoms with Crippen LogP contribution < -0.4 is 5.56 Å². The zero-order valence-corrected chi connectivity index (χ0v) is 6.04. The Morgan fingerprint density at radius 2 is 2.33 bits per heavy atom. The number of H-pyrrole nitrogens is 1. The van der Waals surface area contributed by atoms with Crippen LogP contribution in [0.2, 0.25) is 0 Å². The summed E-state index contributed by atoms with van der Waals surface area (Å²) < 4.78 is 4.22. The topological polar surface area (TPSA) is 84.7 Å². The van der Waals surface area contributed by atoms with E-state index in [2.05, 4.69) is 25.1 Å². The molecule has 0 atom stereocenters. The molecule has 0 aliphatic rings. The molecule has 1 N–H and O–H groups in total. The van der Waals surface area contributed by atoms with Crippen LogP contribution in [0.25, 0.3) is 0 Å². The van der Waals surface area contributed by atoms with E-state index in [-0.39, 0.29) is 5.56 Å². The Kier molecular flexibility index (Phi) is 3.23. The van der Waals surface area contributed by atoms with Crippen molar-refractivity contribution < 1.29 is 4.52 Å². The smallest absolute Gasteiger partial charge is 0.264 e. The normalized spacial score (nSPS) is 8.33. The van der Waals surface area contributed by atoms with Crippen LogP contribution in [0.15, 0.2) is 40.1 Å². The maximum absolute atomic E-state index is 10.2. The van der Waals surface area contributed by atoms with Crippen LogP contribution in [0, 0.1) is 0 Å². The van der Waals surface area contributed by atoms with Gasteiger partial charge in [0.1, 0.15) is 6.26 Å². The van der Waals surface area contributed by atoms with Gasteiger partial charge in [0.25, 0.3) is 5.56 Å². The fraction of sp³-hybridized carbons (Fsp3) is 0. The van der Waals surface area contributed by atoms with E-state index < -0.39 is 0 Å². The fourth-order valence-corrected chi connectivity index (χ4v) is 0.448. The van der Waals surface area contributed by atoms with Crippen molar-refractivity contribution in [1.29, 1.82) is 0 Å². The molecule has 2 aromatic heterocycles. The highest BCUT2D eigenvalue weighted by Crippen LogP contribution is 1.64. The van der Waals surface area contributed by atoms with Gasteiger partial charge in [0.15, 0.2) is 0 Å². The summed E-state index contributed by atoms with van der Waals surface area (Å²) >= 11 is 0. The number of nitrogens with one attached hydrogen (secondary N) is 1.